The van der Waals surface area contributed by atoms with Crippen molar-refractivity contribution in [2.45, 2.75) is 58.8 Å². The van der Waals surface area contributed by atoms with E-state index in [0.717, 1.165) is 31.6 Å². The number of amidine groups is 1. The Bertz CT molecular complexity index is 155. The van der Waals surface area contributed by atoms with Crippen LogP contribution in [0.15, 0.2) is 0 Å². The lowest BCUT2D eigenvalue weighted by Crippen LogP contribution is -2.30. The van der Waals surface area contributed by atoms with Crippen LogP contribution in [-0.2, 0) is 0 Å². The number of unbranched alkanes of at least 4 members (excludes halogenated alkanes) is 3. The molecule has 0 spiro atoms. The van der Waals surface area contributed by atoms with Gasteiger partial charge in [0.2, 0.25) is 0 Å². The lowest BCUT2D eigenvalue weighted by atomic mass is 9.99. The first-order chi connectivity index (χ1) is 7.26. The highest BCUT2D eigenvalue weighted by atomic mass is 14.9. The van der Waals surface area contributed by atoms with Gasteiger partial charge in [0, 0.05) is 12.5 Å². The Morgan fingerprint density at radius 1 is 1.27 bits per heavy atom. The fourth-order valence-electron chi connectivity index (χ4n) is 1.72. The fourth-order valence-corrected chi connectivity index (χ4v) is 1.72. The summed E-state index contributed by atoms with van der Waals surface area (Å²) in [4.78, 5) is 0. The Hall–Kier alpha value is -0.530. The van der Waals surface area contributed by atoms with Gasteiger partial charge >= 0.3 is 0 Å². The quantitative estimate of drug-likeness (QED) is 0.340. The van der Waals surface area contributed by atoms with Gasteiger partial charge in [-0.1, -0.05) is 46.5 Å². The molecule has 0 aromatic heterocycles. The van der Waals surface area contributed by atoms with E-state index in [1.807, 2.05) is 0 Å². The Morgan fingerprint density at radius 3 is 2.53 bits per heavy atom. The molecule has 1 unspecified atom stereocenters. The molecule has 0 bridgehead atoms. The Labute approximate surface area is 95.4 Å². The maximum absolute atomic E-state index is 7.89. The number of hydrogen-bond acceptors (Lipinski definition) is 1. The monoisotopic (exact) mass is 211 g/mol. The summed E-state index contributed by atoms with van der Waals surface area (Å²) >= 11 is 0. The highest BCUT2D eigenvalue weighted by Gasteiger charge is 2.10. The predicted octanol–water partition coefficient (Wildman–Crippen LogP) is 3.77. The van der Waals surface area contributed by atoms with Gasteiger partial charge in [-0.05, 0) is 19.3 Å². The molecule has 15 heavy (non-hydrogen) atoms. The van der Waals surface area contributed by atoms with Crippen LogP contribution in [-0.4, -0.2) is 12.4 Å². The van der Waals surface area contributed by atoms with Gasteiger partial charge in [0.25, 0.3) is 0 Å². The van der Waals surface area contributed by atoms with E-state index in [4.69, 9.17) is 5.41 Å². The molecule has 0 fully saturated rings. The molecule has 0 saturated carbocycles. The minimum atomic E-state index is 0.397. The van der Waals surface area contributed by atoms with Crippen molar-refractivity contribution in [1.82, 2.24) is 5.32 Å². The molecule has 0 amide bonds. The van der Waals surface area contributed by atoms with Gasteiger partial charge in [-0.3, -0.25) is 5.41 Å². The highest BCUT2D eigenvalue weighted by molar-refractivity contribution is 5.81. The molecule has 0 aliphatic carbocycles. The van der Waals surface area contributed by atoms with E-state index in [-0.39, 0.29) is 0 Å². The first kappa shape index (κ1) is 14.5. The lowest BCUT2D eigenvalue weighted by Gasteiger charge is -2.16. The molecule has 0 saturated heterocycles. The molecule has 1 radical (unpaired) electrons. The zero-order chi connectivity index (χ0) is 11.5. The molecule has 2 nitrogen and oxygen atoms in total. The van der Waals surface area contributed by atoms with Crippen LogP contribution in [0.1, 0.15) is 58.8 Å². The van der Waals surface area contributed by atoms with Crippen LogP contribution in [0.2, 0.25) is 0 Å². The number of rotatable bonds is 9. The van der Waals surface area contributed by atoms with Gasteiger partial charge < -0.3 is 5.32 Å². The maximum atomic E-state index is 7.89. The Balaban J connectivity index is 3.53. The molecule has 0 heterocycles. The maximum Gasteiger partial charge on any atom is 0.0963 e. The smallest absolute Gasteiger partial charge is 0.0963 e. The molecule has 1 atom stereocenters. The third-order valence-electron chi connectivity index (χ3n) is 2.80. The van der Waals surface area contributed by atoms with Gasteiger partial charge in [-0.25, -0.2) is 0 Å². The standard InChI is InChI=1S/C13H27N2/c1-4-7-8-9-11-15-13(14)12(6-3)10-5-2/h12H,2,4-11H2,1,3H3,(H2,14,15). The zero-order valence-electron chi connectivity index (χ0n) is 10.4. The Kier molecular flexibility index (Phi) is 9.65. The van der Waals surface area contributed by atoms with E-state index in [2.05, 4.69) is 26.1 Å². The molecule has 2 heteroatoms. The van der Waals surface area contributed by atoms with Gasteiger partial charge in [0.05, 0.1) is 5.84 Å². The minimum absolute atomic E-state index is 0.397. The summed E-state index contributed by atoms with van der Waals surface area (Å²) < 4.78 is 0. The first-order valence-corrected chi connectivity index (χ1v) is 6.37. The van der Waals surface area contributed by atoms with Gasteiger partial charge in [-0.2, -0.15) is 0 Å². The molecule has 0 aromatic rings. The molecule has 2 N–H and O–H groups in total. The second kappa shape index (κ2) is 10.0. The summed E-state index contributed by atoms with van der Waals surface area (Å²) in [6, 6.07) is 0. The van der Waals surface area contributed by atoms with Crippen molar-refractivity contribution >= 4 is 5.84 Å². The van der Waals surface area contributed by atoms with Crippen molar-refractivity contribution in [2.24, 2.45) is 5.92 Å². The average molecular weight is 211 g/mol. The molecular formula is C13H27N2. The van der Waals surface area contributed by atoms with E-state index in [9.17, 15) is 0 Å². The van der Waals surface area contributed by atoms with Gasteiger partial charge in [0.15, 0.2) is 0 Å². The van der Waals surface area contributed by atoms with Crippen LogP contribution in [0.4, 0.5) is 0 Å². The third-order valence-corrected chi connectivity index (χ3v) is 2.80. The molecule has 0 aliphatic heterocycles. The van der Waals surface area contributed by atoms with Gasteiger partial charge in [0.1, 0.15) is 0 Å². The van der Waals surface area contributed by atoms with Crippen LogP contribution in [0.5, 0.6) is 0 Å². The van der Waals surface area contributed by atoms with Crippen LogP contribution >= 0.6 is 0 Å². The lowest BCUT2D eigenvalue weighted by molar-refractivity contribution is 0.576. The van der Waals surface area contributed by atoms with Crippen LogP contribution < -0.4 is 5.32 Å². The van der Waals surface area contributed by atoms with Crippen molar-refractivity contribution < 1.29 is 0 Å². The van der Waals surface area contributed by atoms with Crippen molar-refractivity contribution in [3.05, 3.63) is 6.92 Å². The largest absolute Gasteiger partial charge is 0.374 e. The topological polar surface area (TPSA) is 35.9 Å². The Morgan fingerprint density at radius 2 is 2.00 bits per heavy atom. The molecular weight excluding hydrogens is 184 g/mol. The molecule has 0 aromatic carbocycles. The highest BCUT2D eigenvalue weighted by Crippen LogP contribution is 2.10. The number of hydrogen-bond donors (Lipinski definition) is 2. The predicted molar refractivity (Wildman–Crippen MR) is 68.2 cm³/mol. The van der Waals surface area contributed by atoms with Crippen LogP contribution in [0.3, 0.4) is 0 Å². The van der Waals surface area contributed by atoms with Gasteiger partial charge in [-0.15, -0.1) is 0 Å². The van der Waals surface area contributed by atoms with Crippen LogP contribution in [0.25, 0.3) is 0 Å². The van der Waals surface area contributed by atoms with Crippen molar-refractivity contribution in [2.75, 3.05) is 6.54 Å². The number of nitrogens with one attached hydrogen (secondary N) is 2. The van der Waals surface area contributed by atoms with E-state index in [0.29, 0.717) is 5.92 Å². The molecule has 0 aliphatic rings. The van der Waals surface area contributed by atoms with Crippen molar-refractivity contribution in [3.63, 3.8) is 0 Å². The van der Waals surface area contributed by atoms with Crippen molar-refractivity contribution in [1.29, 1.82) is 5.41 Å². The normalized spacial score (nSPS) is 12.5. The second-order valence-electron chi connectivity index (χ2n) is 4.15. The average Bonchev–Trinajstić information content (AvgIpc) is 2.25. The summed E-state index contributed by atoms with van der Waals surface area (Å²) in [5.74, 6) is 1.12. The zero-order valence-corrected chi connectivity index (χ0v) is 10.4. The minimum Gasteiger partial charge on any atom is -0.374 e. The summed E-state index contributed by atoms with van der Waals surface area (Å²) in [5, 5.41) is 11.1. The summed E-state index contributed by atoms with van der Waals surface area (Å²) in [6.45, 7) is 9.18. The van der Waals surface area contributed by atoms with E-state index < -0.39 is 0 Å². The van der Waals surface area contributed by atoms with Crippen molar-refractivity contribution in [3.8, 4) is 0 Å². The SMILES string of the molecule is [CH2]CCC(CC)C(=N)NCCCCCC. The summed E-state index contributed by atoms with van der Waals surface area (Å²) in [7, 11) is 0. The summed E-state index contributed by atoms with van der Waals surface area (Å²) in [5.41, 5.74) is 0. The van der Waals surface area contributed by atoms with E-state index in [1.54, 1.807) is 0 Å². The third kappa shape index (κ3) is 7.40. The molecule has 0 rings (SSSR count). The van der Waals surface area contributed by atoms with Crippen LogP contribution in [0, 0.1) is 18.3 Å². The first-order valence-electron chi connectivity index (χ1n) is 6.37. The summed E-state index contributed by atoms with van der Waals surface area (Å²) in [6.07, 6.45) is 8.08. The van der Waals surface area contributed by atoms with E-state index >= 15 is 0 Å². The van der Waals surface area contributed by atoms with E-state index in [1.165, 1.54) is 25.7 Å². The second-order valence-corrected chi connectivity index (χ2v) is 4.15. The fraction of sp³-hybridized carbons (Fsp3) is 0.846. The molecule has 89 valence electrons.